The van der Waals surface area contributed by atoms with Gasteiger partial charge < -0.3 is 20.5 Å². The molecular formula is C24H22ClN5O5. The first-order valence-electron chi connectivity index (χ1n) is 10.4. The molecule has 0 spiro atoms. The lowest BCUT2D eigenvalue weighted by molar-refractivity contribution is 0.102. The van der Waals surface area contributed by atoms with E-state index >= 15 is 0 Å². The van der Waals surface area contributed by atoms with Crippen LogP contribution in [0.1, 0.15) is 10.4 Å². The average molecular weight is 496 g/mol. The first-order valence-corrected chi connectivity index (χ1v) is 10.7. The van der Waals surface area contributed by atoms with E-state index in [1.807, 2.05) is 0 Å². The van der Waals surface area contributed by atoms with Gasteiger partial charge in [-0.05, 0) is 42.0 Å². The zero-order valence-electron chi connectivity index (χ0n) is 19.4. The third kappa shape index (κ3) is 4.08. The summed E-state index contributed by atoms with van der Waals surface area (Å²) in [4.78, 5) is 43.6. The molecule has 35 heavy (non-hydrogen) atoms. The molecule has 4 aromatic rings. The summed E-state index contributed by atoms with van der Waals surface area (Å²) < 4.78 is 12.9. The molecule has 0 fully saturated rings. The number of pyridine rings is 1. The minimum atomic E-state index is -0.624. The molecule has 0 bridgehead atoms. The summed E-state index contributed by atoms with van der Waals surface area (Å²) in [5.41, 5.74) is 6.19. The summed E-state index contributed by atoms with van der Waals surface area (Å²) in [7, 11) is 5.79. The molecule has 0 saturated carbocycles. The number of methoxy groups -OCH3 is 2. The molecule has 0 unspecified atom stereocenters. The molecule has 0 aliphatic carbocycles. The highest BCUT2D eigenvalue weighted by atomic mass is 35.5. The van der Waals surface area contributed by atoms with Gasteiger partial charge >= 0.3 is 5.69 Å². The first-order chi connectivity index (χ1) is 16.7. The van der Waals surface area contributed by atoms with Gasteiger partial charge in [0.15, 0.2) is 17.1 Å². The largest absolute Gasteiger partial charge is 0.493 e. The van der Waals surface area contributed by atoms with Crippen LogP contribution < -0.4 is 31.8 Å². The number of nitrogens with zero attached hydrogens (tertiary/aromatic N) is 3. The zero-order valence-corrected chi connectivity index (χ0v) is 20.1. The Kier molecular flexibility index (Phi) is 6.23. The fourth-order valence-corrected chi connectivity index (χ4v) is 3.97. The lowest BCUT2D eigenvalue weighted by atomic mass is 9.96. The topological polar surface area (TPSA) is 130 Å². The van der Waals surface area contributed by atoms with Gasteiger partial charge in [-0.3, -0.25) is 18.7 Å². The Bertz CT molecular complexity index is 1590. The predicted molar refractivity (Wildman–Crippen MR) is 135 cm³/mol. The maximum Gasteiger partial charge on any atom is 0.332 e. The molecule has 11 heteroatoms. The van der Waals surface area contributed by atoms with Gasteiger partial charge in [0.25, 0.3) is 11.5 Å². The number of rotatable bonds is 5. The molecule has 0 aliphatic heterocycles. The summed E-state index contributed by atoms with van der Waals surface area (Å²) in [5.74, 6) is 0.0752. The Morgan fingerprint density at radius 1 is 1.00 bits per heavy atom. The zero-order chi connectivity index (χ0) is 25.4. The van der Waals surface area contributed by atoms with Crippen molar-refractivity contribution in [2.24, 2.45) is 14.1 Å². The number of benzene rings is 2. The number of nitrogens with two attached hydrogens (primary N) is 1. The molecule has 2 aromatic carbocycles. The van der Waals surface area contributed by atoms with E-state index in [1.165, 1.54) is 32.9 Å². The van der Waals surface area contributed by atoms with E-state index in [9.17, 15) is 14.4 Å². The number of halogens is 1. The van der Waals surface area contributed by atoms with Crippen molar-refractivity contribution in [2.75, 3.05) is 25.3 Å². The van der Waals surface area contributed by atoms with Crippen molar-refractivity contribution in [3.8, 4) is 22.6 Å². The van der Waals surface area contributed by atoms with Crippen LogP contribution in [-0.4, -0.2) is 34.2 Å². The SMILES string of the molecule is COc1ccc(-c2c(C(=O)Nc3ccc(Cl)cc3)c(N)nc3c2c(=O)n(C)c(=O)n3C)cc1OC. The summed E-state index contributed by atoms with van der Waals surface area (Å²) in [5, 5.41) is 3.32. The number of ether oxygens (including phenoxy) is 2. The molecule has 180 valence electrons. The Balaban J connectivity index is 2.09. The van der Waals surface area contributed by atoms with Crippen LogP contribution >= 0.6 is 11.6 Å². The molecule has 2 heterocycles. The Morgan fingerprint density at radius 2 is 1.66 bits per heavy atom. The molecule has 4 rings (SSSR count). The number of anilines is 2. The summed E-state index contributed by atoms with van der Waals surface area (Å²) >= 11 is 5.94. The van der Waals surface area contributed by atoms with Gasteiger partial charge in [-0.25, -0.2) is 9.78 Å². The van der Waals surface area contributed by atoms with Gasteiger partial charge in [0.2, 0.25) is 0 Å². The maximum absolute atomic E-state index is 13.5. The highest BCUT2D eigenvalue weighted by molar-refractivity contribution is 6.30. The van der Waals surface area contributed by atoms with Crippen molar-refractivity contribution in [1.82, 2.24) is 14.1 Å². The monoisotopic (exact) mass is 495 g/mol. The number of carbonyl (C=O) groups is 1. The van der Waals surface area contributed by atoms with Crippen LogP contribution in [0.25, 0.3) is 22.2 Å². The summed E-state index contributed by atoms with van der Waals surface area (Å²) in [6, 6.07) is 11.4. The molecule has 2 aromatic heterocycles. The number of nitrogen functional groups attached to an aromatic ring is 1. The third-order valence-electron chi connectivity index (χ3n) is 5.62. The number of hydrogen-bond acceptors (Lipinski definition) is 7. The van der Waals surface area contributed by atoms with Crippen LogP contribution in [0, 0.1) is 0 Å². The van der Waals surface area contributed by atoms with E-state index in [2.05, 4.69) is 10.3 Å². The fraction of sp³-hybridized carbons (Fsp3) is 0.167. The van der Waals surface area contributed by atoms with Crippen LogP contribution in [0.3, 0.4) is 0 Å². The lowest BCUT2D eigenvalue weighted by Gasteiger charge is -2.18. The van der Waals surface area contributed by atoms with Crippen LogP contribution in [0.2, 0.25) is 5.02 Å². The van der Waals surface area contributed by atoms with Crippen molar-refractivity contribution in [3.05, 3.63) is 73.9 Å². The van der Waals surface area contributed by atoms with E-state index in [0.29, 0.717) is 27.8 Å². The molecule has 1 amide bonds. The normalized spacial score (nSPS) is 10.9. The Labute approximate surface area is 204 Å². The van der Waals surface area contributed by atoms with Crippen LogP contribution in [0.4, 0.5) is 11.5 Å². The van der Waals surface area contributed by atoms with E-state index in [-0.39, 0.29) is 28.0 Å². The molecule has 10 nitrogen and oxygen atoms in total. The highest BCUT2D eigenvalue weighted by Crippen LogP contribution is 2.37. The minimum absolute atomic E-state index is 0.0320. The van der Waals surface area contributed by atoms with Crippen molar-refractivity contribution in [2.45, 2.75) is 0 Å². The number of aryl methyl sites for hydroxylation is 1. The van der Waals surface area contributed by atoms with Gasteiger partial charge in [0.05, 0.1) is 25.2 Å². The fourth-order valence-electron chi connectivity index (χ4n) is 3.84. The number of carbonyl (C=O) groups excluding carboxylic acids is 1. The summed E-state index contributed by atoms with van der Waals surface area (Å²) in [6.45, 7) is 0. The van der Waals surface area contributed by atoms with Crippen molar-refractivity contribution < 1.29 is 14.3 Å². The molecule has 0 aliphatic rings. The molecule has 0 atom stereocenters. The van der Waals surface area contributed by atoms with Crippen molar-refractivity contribution in [3.63, 3.8) is 0 Å². The average Bonchev–Trinajstić information content (AvgIpc) is 2.86. The minimum Gasteiger partial charge on any atom is -0.493 e. The number of aromatic nitrogens is 3. The maximum atomic E-state index is 13.5. The van der Waals surface area contributed by atoms with Gasteiger partial charge in [0.1, 0.15) is 5.82 Å². The first kappa shape index (κ1) is 23.8. The quantitative estimate of drug-likeness (QED) is 0.435. The van der Waals surface area contributed by atoms with Gasteiger partial charge in [-0.2, -0.15) is 0 Å². The second kappa shape index (κ2) is 9.15. The van der Waals surface area contributed by atoms with Crippen molar-refractivity contribution in [1.29, 1.82) is 0 Å². The van der Waals surface area contributed by atoms with Crippen LogP contribution in [0.5, 0.6) is 11.5 Å². The van der Waals surface area contributed by atoms with E-state index in [1.54, 1.807) is 42.5 Å². The second-order valence-electron chi connectivity index (χ2n) is 7.68. The van der Waals surface area contributed by atoms with E-state index in [0.717, 1.165) is 4.57 Å². The molecular weight excluding hydrogens is 474 g/mol. The number of nitrogens with one attached hydrogen (secondary N) is 1. The second-order valence-corrected chi connectivity index (χ2v) is 8.12. The standard InChI is InChI=1S/C24H22ClN5O5/c1-29-21-19(23(32)30(2)24(29)33)17(12-5-10-15(34-3)16(11-12)35-4)18(20(26)28-21)22(31)27-14-8-6-13(25)7-9-14/h5-11H,1-4H3,(H2,26,28)(H,27,31). The van der Waals surface area contributed by atoms with Gasteiger partial charge in [-0.1, -0.05) is 17.7 Å². The Morgan fingerprint density at radius 3 is 2.29 bits per heavy atom. The molecule has 0 radical (unpaired) electrons. The van der Waals surface area contributed by atoms with Gasteiger partial charge in [-0.15, -0.1) is 0 Å². The number of hydrogen-bond donors (Lipinski definition) is 2. The van der Waals surface area contributed by atoms with Crippen molar-refractivity contribution >= 4 is 40.0 Å². The summed E-state index contributed by atoms with van der Waals surface area (Å²) in [6.07, 6.45) is 0. The Hall–Kier alpha value is -4.31. The third-order valence-corrected chi connectivity index (χ3v) is 5.87. The van der Waals surface area contributed by atoms with E-state index in [4.69, 9.17) is 26.8 Å². The number of amides is 1. The smallest absolute Gasteiger partial charge is 0.332 e. The highest BCUT2D eigenvalue weighted by Gasteiger charge is 2.26. The van der Waals surface area contributed by atoms with Gasteiger partial charge in [0, 0.05) is 30.4 Å². The molecule has 3 N–H and O–H groups in total. The lowest BCUT2D eigenvalue weighted by Crippen LogP contribution is -2.38. The van der Waals surface area contributed by atoms with Crippen LogP contribution in [0.15, 0.2) is 52.1 Å². The van der Waals surface area contributed by atoms with Crippen LogP contribution in [-0.2, 0) is 14.1 Å². The number of fused-ring (bicyclic) bond motifs is 1. The van der Waals surface area contributed by atoms with E-state index < -0.39 is 17.2 Å². The molecule has 0 saturated heterocycles. The predicted octanol–water partition coefficient (Wildman–Crippen LogP) is 2.80.